The van der Waals surface area contributed by atoms with Gasteiger partial charge in [-0.1, -0.05) is 17.3 Å². The summed E-state index contributed by atoms with van der Waals surface area (Å²) in [6.07, 6.45) is 1.60. The molecule has 0 bridgehead atoms. The number of hydrogen-bond acceptors (Lipinski definition) is 7. The summed E-state index contributed by atoms with van der Waals surface area (Å²) in [6.45, 7) is 1.62. The van der Waals surface area contributed by atoms with Crippen LogP contribution in [0.5, 0.6) is 17.2 Å². The van der Waals surface area contributed by atoms with Crippen LogP contribution in [0.3, 0.4) is 0 Å². The predicted octanol–water partition coefficient (Wildman–Crippen LogP) is 3.89. The molecule has 0 radical (unpaired) electrons. The molecule has 1 atom stereocenters. The van der Waals surface area contributed by atoms with Crippen molar-refractivity contribution < 1.29 is 23.5 Å². The molecule has 5 rings (SSSR count). The minimum absolute atomic E-state index is 0.226. The Morgan fingerprint density at radius 2 is 2.00 bits per heavy atom. The summed E-state index contributed by atoms with van der Waals surface area (Å²) in [6, 6.07) is 12.3. The van der Waals surface area contributed by atoms with Gasteiger partial charge in [-0.05, 0) is 37.1 Å². The number of amides is 2. The maximum atomic E-state index is 13.0. The quantitative estimate of drug-likeness (QED) is 0.681. The van der Waals surface area contributed by atoms with E-state index in [1.807, 2.05) is 24.3 Å². The molecule has 2 amide bonds. The van der Waals surface area contributed by atoms with Crippen LogP contribution in [0.1, 0.15) is 24.8 Å². The van der Waals surface area contributed by atoms with Crippen LogP contribution in [0.2, 0.25) is 0 Å². The molecule has 2 aliphatic heterocycles. The molecule has 0 aliphatic carbocycles. The number of aromatic nitrogens is 2. The average molecular weight is 422 g/mol. The number of ether oxygens (including phenoxy) is 3. The Bertz CT molecular complexity index is 1100. The Labute approximate surface area is 178 Å². The fourth-order valence-corrected chi connectivity index (χ4v) is 3.89. The van der Waals surface area contributed by atoms with Crippen molar-refractivity contribution in [3.05, 3.63) is 48.4 Å². The highest BCUT2D eigenvalue weighted by Gasteiger charge is 2.34. The Morgan fingerprint density at radius 1 is 1.16 bits per heavy atom. The number of rotatable bonds is 4. The number of nitrogens with one attached hydrogen (secondary N) is 1. The fraction of sp³-hybridized carbons (Fsp3) is 0.318. The van der Waals surface area contributed by atoms with E-state index in [0.29, 0.717) is 54.4 Å². The second kappa shape index (κ2) is 8.17. The van der Waals surface area contributed by atoms with Crippen LogP contribution in [0.25, 0.3) is 11.4 Å². The van der Waals surface area contributed by atoms with Crippen LogP contribution in [-0.4, -0.2) is 47.9 Å². The van der Waals surface area contributed by atoms with E-state index in [1.54, 1.807) is 30.2 Å². The van der Waals surface area contributed by atoms with Gasteiger partial charge in [-0.25, -0.2) is 4.79 Å². The summed E-state index contributed by atoms with van der Waals surface area (Å²) >= 11 is 0. The van der Waals surface area contributed by atoms with E-state index in [-0.39, 0.29) is 12.1 Å². The summed E-state index contributed by atoms with van der Waals surface area (Å²) in [5.74, 6) is 2.81. The third-order valence-corrected chi connectivity index (χ3v) is 5.38. The molecule has 1 fully saturated rings. The first kappa shape index (κ1) is 19.2. The van der Waals surface area contributed by atoms with Crippen molar-refractivity contribution in [3.63, 3.8) is 0 Å². The number of methoxy groups -OCH3 is 1. The van der Waals surface area contributed by atoms with Crippen LogP contribution in [0.15, 0.2) is 47.0 Å². The van der Waals surface area contributed by atoms with Crippen molar-refractivity contribution in [3.8, 4) is 28.6 Å². The standard InChI is InChI=1S/C22H22N4O5/c1-28-17-7-3-2-5-15(17)20-24-21(31-25-20)16-6-4-10-26(16)22(27)23-14-8-9-18-19(13-14)30-12-11-29-18/h2-3,5,7-9,13,16H,4,6,10-12H2,1H3,(H,23,27)/t16-/m0/s1. The number of anilines is 1. The minimum atomic E-state index is -0.284. The first-order chi connectivity index (χ1) is 15.2. The molecular weight excluding hydrogens is 400 g/mol. The van der Waals surface area contributed by atoms with Gasteiger partial charge in [0.25, 0.3) is 0 Å². The largest absolute Gasteiger partial charge is 0.496 e. The molecule has 1 N–H and O–H groups in total. The van der Waals surface area contributed by atoms with Crippen LogP contribution < -0.4 is 19.5 Å². The van der Waals surface area contributed by atoms with Gasteiger partial charge in [0.1, 0.15) is 25.0 Å². The fourth-order valence-electron chi connectivity index (χ4n) is 3.89. The van der Waals surface area contributed by atoms with Gasteiger partial charge in [0.15, 0.2) is 11.5 Å². The topological polar surface area (TPSA) is 99.0 Å². The first-order valence-corrected chi connectivity index (χ1v) is 10.2. The number of benzene rings is 2. The maximum Gasteiger partial charge on any atom is 0.322 e. The van der Waals surface area contributed by atoms with Crippen LogP contribution in [0.4, 0.5) is 10.5 Å². The maximum absolute atomic E-state index is 13.0. The monoisotopic (exact) mass is 422 g/mol. The highest BCUT2D eigenvalue weighted by molar-refractivity contribution is 5.90. The molecule has 9 heteroatoms. The number of para-hydroxylation sites is 1. The zero-order chi connectivity index (χ0) is 21.2. The lowest BCUT2D eigenvalue weighted by atomic mass is 10.2. The highest BCUT2D eigenvalue weighted by atomic mass is 16.6. The van der Waals surface area contributed by atoms with Crippen LogP contribution >= 0.6 is 0 Å². The van der Waals surface area contributed by atoms with Gasteiger partial charge in [-0.2, -0.15) is 4.98 Å². The van der Waals surface area contributed by atoms with Gasteiger partial charge < -0.3 is 29.0 Å². The van der Waals surface area contributed by atoms with E-state index < -0.39 is 0 Å². The van der Waals surface area contributed by atoms with Crippen LogP contribution in [0, 0.1) is 0 Å². The van der Waals surface area contributed by atoms with Gasteiger partial charge >= 0.3 is 6.03 Å². The van der Waals surface area contributed by atoms with Crippen molar-refractivity contribution in [2.75, 3.05) is 32.2 Å². The summed E-state index contributed by atoms with van der Waals surface area (Å²) < 4.78 is 22.0. The second-order valence-electron chi connectivity index (χ2n) is 7.30. The molecule has 160 valence electrons. The van der Waals surface area contributed by atoms with Gasteiger partial charge in [0, 0.05) is 18.3 Å². The van der Waals surface area contributed by atoms with Crippen molar-refractivity contribution in [2.24, 2.45) is 0 Å². The summed E-state index contributed by atoms with van der Waals surface area (Å²) in [5.41, 5.74) is 1.38. The normalized spacial score (nSPS) is 17.5. The van der Waals surface area contributed by atoms with Crippen molar-refractivity contribution >= 4 is 11.7 Å². The van der Waals surface area contributed by atoms with Crippen molar-refractivity contribution in [1.29, 1.82) is 0 Å². The number of urea groups is 1. The lowest BCUT2D eigenvalue weighted by molar-refractivity contribution is 0.171. The van der Waals surface area contributed by atoms with E-state index in [9.17, 15) is 4.79 Å². The molecule has 0 unspecified atom stereocenters. The van der Waals surface area contributed by atoms with E-state index in [1.165, 1.54) is 0 Å². The van der Waals surface area contributed by atoms with Crippen molar-refractivity contribution in [1.82, 2.24) is 15.0 Å². The Hall–Kier alpha value is -3.75. The molecule has 1 aromatic heterocycles. The molecule has 31 heavy (non-hydrogen) atoms. The lowest BCUT2D eigenvalue weighted by Crippen LogP contribution is -2.34. The van der Waals surface area contributed by atoms with Gasteiger partial charge in [0.2, 0.25) is 11.7 Å². The number of fused-ring (bicyclic) bond motifs is 1. The Morgan fingerprint density at radius 3 is 2.87 bits per heavy atom. The minimum Gasteiger partial charge on any atom is -0.496 e. The second-order valence-corrected chi connectivity index (χ2v) is 7.30. The number of nitrogens with zero attached hydrogens (tertiary/aromatic N) is 3. The molecule has 2 aliphatic rings. The molecule has 0 spiro atoms. The lowest BCUT2D eigenvalue weighted by Gasteiger charge is -2.23. The van der Waals surface area contributed by atoms with Gasteiger partial charge in [-0.15, -0.1) is 0 Å². The summed E-state index contributed by atoms with van der Waals surface area (Å²) in [5, 5.41) is 7.04. The number of hydrogen-bond donors (Lipinski definition) is 1. The van der Waals surface area contributed by atoms with E-state index in [4.69, 9.17) is 18.7 Å². The SMILES string of the molecule is COc1ccccc1-c1noc([C@@H]2CCCN2C(=O)Nc2ccc3c(c2)OCCO3)n1. The molecule has 0 saturated carbocycles. The zero-order valence-corrected chi connectivity index (χ0v) is 17.0. The number of likely N-dealkylation sites (tertiary alicyclic amines) is 1. The van der Waals surface area contributed by atoms with Gasteiger partial charge in [-0.3, -0.25) is 0 Å². The third kappa shape index (κ3) is 3.74. The van der Waals surface area contributed by atoms with E-state index >= 15 is 0 Å². The molecule has 3 heterocycles. The molecule has 1 saturated heterocycles. The Kier molecular flexibility index (Phi) is 5.07. The third-order valence-electron chi connectivity index (χ3n) is 5.38. The predicted molar refractivity (Wildman–Crippen MR) is 111 cm³/mol. The van der Waals surface area contributed by atoms with Crippen LogP contribution in [-0.2, 0) is 0 Å². The summed E-state index contributed by atoms with van der Waals surface area (Å²) in [4.78, 5) is 19.2. The van der Waals surface area contributed by atoms with Gasteiger partial charge in [0.05, 0.1) is 12.7 Å². The average Bonchev–Trinajstić information content (AvgIpc) is 3.48. The molecule has 3 aromatic rings. The van der Waals surface area contributed by atoms with E-state index in [2.05, 4.69) is 15.5 Å². The Balaban J connectivity index is 1.33. The van der Waals surface area contributed by atoms with Crippen molar-refractivity contribution in [2.45, 2.75) is 18.9 Å². The smallest absolute Gasteiger partial charge is 0.322 e. The highest BCUT2D eigenvalue weighted by Crippen LogP contribution is 2.36. The first-order valence-electron chi connectivity index (χ1n) is 10.2. The molecular formula is C22H22N4O5. The number of carbonyl (C=O) groups is 1. The molecule has 9 nitrogen and oxygen atoms in total. The molecule has 2 aromatic carbocycles. The number of carbonyl (C=O) groups excluding carboxylic acids is 1. The zero-order valence-electron chi connectivity index (χ0n) is 17.0. The van der Waals surface area contributed by atoms with E-state index in [0.717, 1.165) is 18.4 Å². The summed E-state index contributed by atoms with van der Waals surface area (Å²) in [7, 11) is 1.60.